The first kappa shape index (κ1) is 15.3. The highest BCUT2D eigenvalue weighted by molar-refractivity contribution is 7.89. The number of hydrogen-bond acceptors (Lipinski definition) is 5. The molecule has 2 aromatic heterocycles. The third kappa shape index (κ3) is 3.51. The number of hydrogen-bond donors (Lipinski definition) is 3. The monoisotopic (exact) mass is 314 g/mol. The summed E-state index contributed by atoms with van der Waals surface area (Å²) in [7, 11) is -2.47. The topological polar surface area (TPSA) is 122 Å². The van der Waals surface area contributed by atoms with Crippen LogP contribution in [0, 0.1) is 0 Å². The second kappa shape index (κ2) is 6.12. The average molecular weight is 314 g/mol. The molecule has 0 saturated carbocycles. The molecule has 2 rings (SSSR count). The lowest BCUT2D eigenvalue weighted by molar-refractivity contribution is 0.0691. The van der Waals surface area contributed by atoms with Crippen molar-refractivity contribution < 1.29 is 27.5 Å². The zero-order chi connectivity index (χ0) is 15.5. The predicted octanol–water partition coefficient (Wildman–Crippen LogP) is 0.972. The lowest BCUT2D eigenvalue weighted by Gasteiger charge is -2.15. The Morgan fingerprint density at radius 2 is 2.33 bits per heavy atom. The lowest BCUT2D eigenvalue weighted by Crippen LogP contribution is -2.31. The molecule has 0 spiro atoms. The Labute approximate surface area is 120 Å². The average Bonchev–Trinajstić information content (AvgIpc) is 3.10. The van der Waals surface area contributed by atoms with Crippen LogP contribution in [0.4, 0.5) is 0 Å². The maximum absolute atomic E-state index is 12.2. The van der Waals surface area contributed by atoms with Crippen LogP contribution in [-0.4, -0.2) is 38.2 Å². The fraction of sp³-hybridized carbons (Fsp3) is 0.250. The Morgan fingerprint density at radius 1 is 1.57 bits per heavy atom. The van der Waals surface area contributed by atoms with Gasteiger partial charge in [0.15, 0.2) is 0 Å². The first-order valence-electron chi connectivity index (χ1n) is 5.90. The van der Waals surface area contributed by atoms with Gasteiger partial charge in [-0.2, -0.15) is 4.72 Å². The molecule has 0 bridgehead atoms. The number of aromatic nitrogens is 1. The number of carboxylic acids is 1. The van der Waals surface area contributed by atoms with Crippen molar-refractivity contribution in [2.75, 3.05) is 13.7 Å². The van der Waals surface area contributed by atoms with Crippen LogP contribution in [-0.2, 0) is 14.8 Å². The van der Waals surface area contributed by atoms with Crippen LogP contribution in [0.25, 0.3) is 0 Å². The van der Waals surface area contributed by atoms with E-state index < -0.39 is 22.0 Å². The Morgan fingerprint density at radius 3 is 2.86 bits per heavy atom. The van der Waals surface area contributed by atoms with E-state index in [1.54, 1.807) is 12.1 Å². The number of methoxy groups -OCH3 is 1. The van der Waals surface area contributed by atoms with Gasteiger partial charge in [0.2, 0.25) is 10.0 Å². The van der Waals surface area contributed by atoms with E-state index in [4.69, 9.17) is 14.3 Å². The maximum Gasteiger partial charge on any atom is 0.352 e. The van der Waals surface area contributed by atoms with E-state index in [9.17, 15) is 13.2 Å². The van der Waals surface area contributed by atoms with Crippen LogP contribution in [0.5, 0.6) is 0 Å². The second-order valence-electron chi connectivity index (χ2n) is 4.20. The molecule has 1 unspecified atom stereocenters. The van der Waals surface area contributed by atoms with Gasteiger partial charge >= 0.3 is 5.97 Å². The summed E-state index contributed by atoms with van der Waals surface area (Å²) in [5, 5.41) is 8.80. The summed E-state index contributed by atoms with van der Waals surface area (Å²) in [5.41, 5.74) is -0.211. The quantitative estimate of drug-likeness (QED) is 0.700. The Hall–Kier alpha value is -2.10. The van der Waals surface area contributed by atoms with Crippen molar-refractivity contribution in [3.63, 3.8) is 0 Å². The van der Waals surface area contributed by atoms with E-state index in [0.717, 1.165) is 12.3 Å². The van der Waals surface area contributed by atoms with Crippen LogP contribution in [0.1, 0.15) is 22.3 Å². The molecule has 0 amide bonds. The number of nitrogens with one attached hydrogen (secondary N) is 2. The molecule has 8 nitrogen and oxygen atoms in total. The third-order valence-corrected chi connectivity index (χ3v) is 4.17. The highest BCUT2D eigenvalue weighted by Gasteiger charge is 2.25. The van der Waals surface area contributed by atoms with Gasteiger partial charge in [-0.05, 0) is 18.2 Å². The van der Waals surface area contributed by atoms with Crippen LogP contribution >= 0.6 is 0 Å². The zero-order valence-corrected chi connectivity index (χ0v) is 11.9. The minimum absolute atomic E-state index is 0.0724. The molecule has 0 fully saturated rings. The molecule has 0 aliphatic rings. The summed E-state index contributed by atoms with van der Waals surface area (Å²) < 4.78 is 37.0. The van der Waals surface area contributed by atoms with Gasteiger partial charge in [0.25, 0.3) is 0 Å². The molecule has 0 radical (unpaired) electrons. The largest absolute Gasteiger partial charge is 0.477 e. The normalized spacial score (nSPS) is 13.2. The smallest absolute Gasteiger partial charge is 0.352 e. The Balaban J connectivity index is 2.23. The van der Waals surface area contributed by atoms with Crippen LogP contribution in [0.15, 0.2) is 40.0 Å². The molecule has 2 heterocycles. The van der Waals surface area contributed by atoms with Crippen LogP contribution in [0.3, 0.4) is 0 Å². The molecule has 114 valence electrons. The molecule has 0 saturated heterocycles. The van der Waals surface area contributed by atoms with Crippen molar-refractivity contribution in [1.29, 1.82) is 0 Å². The number of carboxylic acid groups (broad SMARTS) is 1. The molecule has 1 atom stereocenters. The molecular weight excluding hydrogens is 300 g/mol. The number of aromatic carboxylic acids is 1. The summed E-state index contributed by atoms with van der Waals surface area (Å²) in [6.45, 7) is 0.0724. The van der Waals surface area contributed by atoms with Crippen LogP contribution in [0.2, 0.25) is 0 Å². The van der Waals surface area contributed by atoms with Gasteiger partial charge in [0, 0.05) is 13.3 Å². The van der Waals surface area contributed by atoms with E-state index in [-0.39, 0.29) is 17.2 Å². The molecule has 0 aromatic carbocycles. The number of sulfonamides is 1. The van der Waals surface area contributed by atoms with E-state index in [2.05, 4.69) is 9.71 Å². The van der Waals surface area contributed by atoms with Gasteiger partial charge in [0.05, 0.1) is 12.9 Å². The number of furan rings is 1. The number of carbonyl (C=O) groups is 1. The second-order valence-corrected chi connectivity index (χ2v) is 5.91. The van der Waals surface area contributed by atoms with E-state index >= 15 is 0 Å². The summed E-state index contributed by atoms with van der Waals surface area (Å²) in [6, 6.07) is 3.58. The highest BCUT2D eigenvalue weighted by Crippen LogP contribution is 2.18. The third-order valence-electron chi connectivity index (χ3n) is 2.71. The number of aromatic amines is 1. The van der Waals surface area contributed by atoms with Gasteiger partial charge in [-0.15, -0.1) is 0 Å². The van der Waals surface area contributed by atoms with Gasteiger partial charge in [-0.3, -0.25) is 0 Å². The van der Waals surface area contributed by atoms with Gasteiger partial charge in [-0.1, -0.05) is 0 Å². The molecule has 9 heteroatoms. The van der Waals surface area contributed by atoms with Crippen molar-refractivity contribution in [2.45, 2.75) is 10.9 Å². The van der Waals surface area contributed by atoms with Crippen molar-refractivity contribution in [1.82, 2.24) is 9.71 Å². The summed E-state index contributed by atoms with van der Waals surface area (Å²) in [5.74, 6) is -0.842. The first-order chi connectivity index (χ1) is 9.94. The zero-order valence-electron chi connectivity index (χ0n) is 11.1. The standard InChI is InChI=1S/C12H14N2O6S/c1-19-7-10(11-3-2-4-20-11)14-21(17,18)8-5-9(12(15)16)13-6-8/h2-6,10,13-14H,7H2,1H3,(H,15,16). The fourth-order valence-electron chi connectivity index (χ4n) is 1.74. The Bertz CT molecular complexity index is 704. The molecule has 3 N–H and O–H groups in total. The summed E-state index contributed by atoms with van der Waals surface area (Å²) >= 11 is 0. The molecule has 0 aliphatic carbocycles. The van der Waals surface area contributed by atoms with Gasteiger partial charge in [0.1, 0.15) is 22.4 Å². The summed E-state index contributed by atoms with van der Waals surface area (Å²) in [4.78, 5) is 13.0. The van der Waals surface area contributed by atoms with E-state index in [1.807, 2.05) is 0 Å². The number of H-pyrrole nitrogens is 1. The minimum atomic E-state index is -3.90. The maximum atomic E-state index is 12.2. The van der Waals surface area contributed by atoms with Crippen molar-refractivity contribution in [3.05, 3.63) is 42.1 Å². The summed E-state index contributed by atoms with van der Waals surface area (Å²) in [6.07, 6.45) is 2.53. The van der Waals surface area contributed by atoms with Crippen molar-refractivity contribution in [3.8, 4) is 0 Å². The highest BCUT2D eigenvalue weighted by atomic mass is 32.2. The van der Waals surface area contributed by atoms with Gasteiger partial charge in [-0.25, -0.2) is 13.2 Å². The minimum Gasteiger partial charge on any atom is -0.477 e. The number of ether oxygens (including phenoxy) is 1. The van der Waals surface area contributed by atoms with Crippen molar-refractivity contribution in [2.24, 2.45) is 0 Å². The molecule has 2 aromatic rings. The molecule has 21 heavy (non-hydrogen) atoms. The molecular formula is C12H14N2O6S. The predicted molar refractivity (Wildman–Crippen MR) is 71.4 cm³/mol. The van der Waals surface area contributed by atoms with Crippen molar-refractivity contribution >= 4 is 16.0 Å². The number of rotatable bonds is 7. The fourth-order valence-corrected chi connectivity index (χ4v) is 2.92. The van der Waals surface area contributed by atoms with Gasteiger partial charge < -0.3 is 19.2 Å². The Kier molecular flexibility index (Phi) is 4.46. The van der Waals surface area contributed by atoms with Crippen LogP contribution < -0.4 is 4.72 Å². The molecule has 0 aliphatic heterocycles. The van der Waals surface area contributed by atoms with E-state index in [0.29, 0.717) is 5.76 Å². The SMILES string of the molecule is COCC(NS(=O)(=O)c1c[nH]c(C(=O)O)c1)c1ccco1. The first-order valence-corrected chi connectivity index (χ1v) is 7.38. The lowest BCUT2D eigenvalue weighted by atomic mass is 10.2. The van der Waals surface area contributed by atoms with E-state index in [1.165, 1.54) is 13.4 Å².